The van der Waals surface area contributed by atoms with Crippen LogP contribution in [0, 0.1) is 17.8 Å². The summed E-state index contributed by atoms with van der Waals surface area (Å²) in [7, 11) is 0. The summed E-state index contributed by atoms with van der Waals surface area (Å²) in [4.78, 5) is 0. The Kier molecular flexibility index (Phi) is 6.35. The summed E-state index contributed by atoms with van der Waals surface area (Å²) in [5.74, 6) is 1.29. The first-order valence-electron chi connectivity index (χ1n) is 5.41. The van der Waals surface area contributed by atoms with Crippen LogP contribution >= 0.6 is 0 Å². The van der Waals surface area contributed by atoms with Gasteiger partial charge in [0, 0.05) is 0 Å². The molecule has 0 aromatic heterocycles. The number of aliphatic hydroxyl groups is 1. The summed E-state index contributed by atoms with van der Waals surface area (Å²) in [6, 6.07) is 0. The molecule has 0 heterocycles. The third kappa shape index (κ3) is 4.63. The van der Waals surface area contributed by atoms with Gasteiger partial charge < -0.3 is 10.8 Å². The van der Waals surface area contributed by atoms with Crippen molar-refractivity contribution in [3.05, 3.63) is 0 Å². The van der Waals surface area contributed by atoms with Crippen molar-refractivity contribution in [3.63, 3.8) is 0 Å². The normalized spacial score (nSPS) is 18.7. The summed E-state index contributed by atoms with van der Waals surface area (Å²) in [5.41, 5.74) is 5.59. The molecule has 3 atom stereocenters. The zero-order chi connectivity index (χ0) is 10.4. The molecule has 0 saturated carbocycles. The van der Waals surface area contributed by atoms with Crippen LogP contribution in [-0.4, -0.2) is 17.8 Å². The Morgan fingerprint density at radius 3 is 2.08 bits per heavy atom. The van der Waals surface area contributed by atoms with Crippen LogP contribution in [0.1, 0.15) is 40.5 Å². The first-order valence-corrected chi connectivity index (χ1v) is 5.41. The van der Waals surface area contributed by atoms with Gasteiger partial charge in [0.1, 0.15) is 0 Å². The van der Waals surface area contributed by atoms with Crippen LogP contribution in [0.3, 0.4) is 0 Å². The van der Waals surface area contributed by atoms with E-state index in [-0.39, 0.29) is 12.0 Å². The summed E-state index contributed by atoms with van der Waals surface area (Å²) in [5, 5.41) is 9.95. The van der Waals surface area contributed by atoms with E-state index < -0.39 is 0 Å². The molecule has 0 fully saturated rings. The summed E-state index contributed by atoms with van der Waals surface area (Å²) in [6.45, 7) is 9.17. The van der Waals surface area contributed by atoms with Gasteiger partial charge in [-0.2, -0.15) is 0 Å². The molecule has 0 aliphatic heterocycles. The number of nitrogens with two attached hydrogens (primary N) is 1. The van der Waals surface area contributed by atoms with Crippen molar-refractivity contribution in [2.45, 2.75) is 46.6 Å². The molecule has 0 saturated heterocycles. The predicted molar refractivity (Wildman–Crippen MR) is 57.5 cm³/mol. The molecule has 13 heavy (non-hydrogen) atoms. The van der Waals surface area contributed by atoms with Crippen molar-refractivity contribution in [3.8, 4) is 0 Å². The molecule has 3 unspecified atom stereocenters. The first kappa shape index (κ1) is 12.9. The molecule has 0 aliphatic carbocycles. The van der Waals surface area contributed by atoms with E-state index in [9.17, 15) is 5.11 Å². The number of aliphatic hydroxyl groups excluding tert-OH is 1. The monoisotopic (exact) mass is 187 g/mol. The quantitative estimate of drug-likeness (QED) is 0.668. The Morgan fingerprint density at radius 1 is 1.23 bits per heavy atom. The second kappa shape index (κ2) is 6.39. The van der Waals surface area contributed by atoms with Gasteiger partial charge >= 0.3 is 0 Å². The fourth-order valence-electron chi connectivity index (χ4n) is 1.90. The van der Waals surface area contributed by atoms with E-state index >= 15 is 0 Å². The van der Waals surface area contributed by atoms with Crippen molar-refractivity contribution in [2.24, 2.45) is 23.5 Å². The minimum atomic E-state index is -0.225. The van der Waals surface area contributed by atoms with Crippen molar-refractivity contribution in [2.75, 3.05) is 6.54 Å². The molecule has 0 amide bonds. The van der Waals surface area contributed by atoms with Crippen LogP contribution in [-0.2, 0) is 0 Å². The molecule has 0 radical (unpaired) electrons. The van der Waals surface area contributed by atoms with Gasteiger partial charge in [-0.3, -0.25) is 0 Å². The van der Waals surface area contributed by atoms with E-state index in [0.717, 1.165) is 12.8 Å². The lowest BCUT2D eigenvalue weighted by molar-refractivity contribution is 0.0502. The zero-order valence-electron chi connectivity index (χ0n) is 9.46. The van der Waals surface area contributed by atoms with Crippen LogP contribution in [0.25, 0.3) is 0 Å². The van der Waals surface area contributed by atoms with Gasteiger partial charge in [-0.1, -0.05) is 27.7 Å². The Morgan fingerprint density at radius 2 is 1.77 bits per heavy atom. The Bertz CT molecular complexity index is 121. The van der Waals surface area contributed by atoms with Gasteiger partial charge in [0.2, 0.25) is 0 Å². The predicted octanol–water partition coefficient (Wildman–Crippen LogP) is 2.01. The lowest BCUT2D eigenvalue weighted by atomic mass is 9.85. The van der Waals surface area contributed by atoms with Gasteiger partial charge in [0.15, 0.2) is 0 Å². The lowest BCUT2D eigenvalue weighted by Gasteiger charge is -2.26. The van der Waals surface area contributed by atoms with E-state index in [0.29, 0.717) is 18.4 Å². The SMILES string of the molecule is CCC(CN)C(O)C(C)CC(C)C. The highest BCUT2D eigenvalue weighted by Gasteiger charge is 2.22. The molecule has 0 aromatic carbocycles. The smallest absolute Gasteiger partial charge is 0.0605 e. The second-order valence-electron chi connectivity index (χ2n) is 4.50. The molecule has 0 bridgehead atoms. The molecule has 2 nitrogen and oxygen atoms in total. The maximum absolute atomic E-state index is 9.95. The summed E-state index contributed by atoms with van der Waals surface area (Å²) >= 11 is 0. The second-order valence-corrected chi connectivity index (χ2v) is 4.50. The molecule has 0 aliphatic rings. The van der Waals surface area contributed by atoms with E-state index in [1.54, 1.807) is 0 Å². The molecular weight excluding hydrogens is 162 g/mol. The van der Waals surface area contributed by atoms with E-state index in [4.69, 9.17) is 5.73 Å². The molecule has 0 rings (SSSR count). The van der Waals surface area contributed by atoms with Crippen LogP contribution in [0.4, 0.5) is 0 Å². The van der Waals surface area contributed by atoms with Crippen molar-refractivity contribution in [1.82, 2.24) is 0 Å². The molecule has 0 aromatic rings. The topological polar surface area (TPSA) is 46.2 Å². The minimum absolute atomic E-state index is 0.225. The van der Waals surface area contributed by atoms with Crippen LogP contribution < -0.4 is 5.73 Å². The fraction of sp³-hybridized carbons (Fsp3) is 1.00. The standard InChI is InChI=1S/C11H25NO/c1-5-10(7-12)11(13)9(4)6-8(2)3/h8-11,13H,5-7,12H2,1-4H3. The highest BCUT2D eigenvalue weighted by Crippen LogP contribution is 2.21. The molecule has 3 N–H and O–H groups in total. The van der Waals surface area contributed by atoms with Crippen molar-refractivity contribution < 1.29 is 5.11 Å². The molecular formula is C11H25NO. The van der Waals surface area contributed by atoms with Gasteiger partial charge in [0.25, 0.3) is 0 Å². The first-order chi connectivity index (χ1) is 6.02. The van der Waals surface area contributed by atoms with Gasteiger partial charge in [-0.25, -0.2) is 0 Å². The maximum Gasteiger partial charge on any atom is 0.0605 e. The highest BCUT2D eigenvalue weighted by molar-refractivity contribution is 4.74. The van der Waals surface area contributed by atoms with Crippen LogP contribution in [0.5, 0.6) is 0 Å². The third-order valence-electron chi connectivity index (χ3n) is 2.74. The maximum atomic E-state index is 9.95. The lowest BCUT2D eigenvalue weighted by Crippen LogP contribution is -2.33. The van der Waals surface area contributed by atoms with E-state index in [1.807, 2.05) is 0 Å². The average Bonchev–Trinajstić information content (AvgIpc) is 2.05. The average molecular weight is 187 g/mol. The highest BCUT2D eigenvalue weighted by atomic mass is 16.3. The van der Waals surface area contributed by atoms with Gasteiger partial charge in [0.05, 0.1) is 6.10 Å². The Hall–Kier alpha value is -0.0800. The molecule has 80 valence electrons. The number of rotatable bonds is 6. The molecule has 0 spiro atoms. The van der Waals surface area contributed by atoms with Crippen molar-refractivity contribution >= 4 is 0 Å². The summed E-state index contributed by atoms with van der Waals surface area (Å²) in [6.07, 6.45) is 1.83. The van der Waals surface area contributed by atoms with Crippen molar-refractivity contribution in [1.29, 1.82) is 0 Å². The number of hydrogen-bond donors (Lipinski definition) is 2. The van der Waals surface area contributed by atoms with Gasteiger partial charge in [-0.15, -0.1) is 0 Å². The Balaban J connectivity index is 3.98. The zero-order valence-corrected chi connectivity index (χ0v) is 9.46. The Labute approximate surface area is 82.5 Å². The molecule has 2 heteroatoms. The van der Waals surface area contributed by atoms with Gasteiger partial charge in [-0.05, 0) is 37.1 Å². The van der Waals surface area contributed by atoms with E-state index in [2.05, 4.69) is 27.7 Å². The third-order valence-corrected chi connectivity index (χ3v) is 2.74. The summed E-state index contributed by atoms with van der Waals surface area (Å²) < 4.78 is 0. The van der Waals surface area contributed by atoms with Crippen LogP contribution in [0.2, 0.25) is 0 Å². The largest absolute Gasteiger partial charge is 0.393 e. The number of hydrogen-bond acceptors (Lipinski definition) is 2. The van der Waals surface area contributed by atoms with E-state index in [1.165, 1.54) is 0 Å². The minimum Gasteiger partial charge on any atom is -0.393 e. The van der Waals surface area contributed by atoms with Crippen LogP contribution in [0.15, 0.2) is 0 Å². The fourth-order valence-corrected chi connectivity index (χ4v) is 1.90.